The number of aliphatic imine (C=N–C) groups is 1. The Kier molecular flexibility index (Phi) is 5.40. The molecule has 0 aliphatic rings. The maximum Gasteiger partial charge on any atom is 0.409 e. The molecule has 9 nitrogen and oxygen atoms in total. The second-order valence-corrected chi connectivity index (χ2v) is 4.81. The summed E-state index contributed by atoms with van der Waals surface area (Å²) in [5, 5.41) is 10.9. The Labute approximate surface area is 137 Å². The fraction of sp³-hybridized carbons (Fsp3) is 0.133. The summed E-state index contributed by atoms with van der Waals surface area (Å²) in [6.07, 6.45) is 1.37. The molecule has 2 amide bonds. The van der Waals surface area contributed by atoms with Gasteiger partial charge in [0, 0.05) is 31.9 Å². The summed E-state index contributed by atoms with van der Waals surface area (Å²) >= 11 is 0. The van der Waals surface area contributed by atoms with Crippen molar-refractivity contribution >= 4 is 24.0 Å². The molecule has 0 aliphatic heterocycles. The molecule has 0 aliphatic carbocycles. The van der Waals surface area contributed by atoms with Crippen LogP contribution < -0.4 is 10.1 Å². The third kappa shape index (κ3) is 5.05. The Morgan fingerprint density at radius 3 is 2.79 bits per heavy atom. The fourth-order valence-electron chi connectivity index (χ4n) is 1.63. The van der Waals surface area contributed by atoms with Gasteiger partial charge < -0.3 is 14.7 Å². The summed E-state index contributed by atoms with van der Waals surface area (Å²) in [4.78, 5) is 35.6. The summed E-state index contributed by atoms with van der Waals surface area (Å²) in [5.41, 5.74) is 0.429. The molecule has 24 heavy (non-hydrogen) atoms. The zero-order valence-corrected chi connectivity index (χ0v) is 13.0. The largest absolute Gasteiger partial charge is 0.465 e. The average Bonchev–Trinajstić information content (AvgIpc) is 2.52. The normalized spacial score (nSPS) is 10.4. The van der Waals surface area contributed by atoms with E-state index in [0.717, 1.165) is 0 Å². The van der Waals surface area contributed by atoms with E-state index in [2.05, 4.69) is 20.3 Å². The predicted octanol–water partition coefficient (Wildman–Crippen LogP) is 2.09. The van der Waals surface area contributed by atoms with Crippen molar-refractivity contribution in [1.82, 2.24) is 14.9 Å². The predicted molar refractivity (Wildman–Crippen MR) is 86.7 cm³/mol. The van der Waals surface area contributed by atoms with Gasteiger partial charge in [-0.3, -0.25) is 10.1 Å². The number of anilines is 1. The first-order valence-electron chi connectivity index (χ1n) is 6.79. The maximum atomic E-state index is 11.9. The first kappa shape index (κ1) is 16.9. The molecule has 0 saturated heterocycles. The zero-order chi connectivity index (χ0) is 17.5. The number of carboxylic acid groups (broad SMARTS) is 1. The lowest BCUT2D eigenvalue weighted by Crippen LogP contribution is -2.10. The van der Waals surface area contributed by atoms with Crippen LogP contribution in [-0.2, 0) is 0 Å². The molecule has 1 aromatic heterocycles. The monoisotopic (exact) mass is 329 g/mol. The summed E-state index contributed by atoms with van der Waals surface area (Å²) in [6, 6.07) is 7.66. The van der Waals surface area contributed by atoms with Crippen molar-refractivity contribution in [2.75, 3.05) is 19.4 Å². The van der Waals surface area contributed by atoms with E-state index in [4.69, 9.17) is 9.84 Å². The molecule has 2 aromatic rings. The van der Waals surface area contributed by atoms with Crippen LogP contribution in [0, 0.1) is 0 Å². The number of hydrogen-bond donors (Lipinski definition) is 2. The number of carbonyl (C=O) groups excluding carboxylic acids is 1. The van der Waals surface area contributed by atoms with Gasteiger partial charge in [-0.15, -0.1) is 0 Å². The Morgan fingerprint density at radius 2 is 2.08 bits per heavy atom. The number of nitrogens with zero attached hydrogens (tertiary/aromatic N) is 4. The number of carbonyl (C=O) groups is 2. The van der Waals surface area contributed by atoms with Crippen LogP contribution in [0.2, 0.25) is 0 Å². The molecule has 9 heteroatoms. The van der Waals surface area contributed by atoms with Gasteiger partial charge in [-0.25, -0.2) is 14.8 Å². The molecular formula is C15H15N5O4. The summed E-state index contributed by atoms with van der Waals surface area (Å²) in [6.45, 7) is 0. The standard InChI is InChI=1S/C15H15N5O4/c1-20(2)9-18-14(21)12-7-13(17-8-16-12)24-11-5-3-4-10(6-11)19-15(22)23/h3-9,19H,1-2H3,(H,22,23)/b18-9+. The molecule has 0 saturated carbocycles. The summed E-state index contributed by atoms with van der Waals surface area (Å²) < 4.78 is 5.52. The van der Waals surface area contributed by atoms with Gasteiger partial charge in [0.05, 0.1) is 6.34 Å². The topological polar surface area (TPSA) is 117 Å². The Bertz CT molecular complexity index is 776. The van der Waals surface area contributed by atoms with Crippen LogP contribution in [0.1, 0.15) is 10.5 Å². The Morgan fingerprint density at radius 1 is 1.29 bits per heavy atom. The molecular weight excluding hydrogens is 314 g/mol. The first-order valence-corrected chi connectivity index (χ1v) is 6.79. The van der Waals surface area contributed by atoms with Crippen molar-refractivity contribution in [3.05, 3.63) is 42.4 Å². The highest BCUT2D eigenvalue weighted by Gasteiger charge is 2.09. The number of nitrogens with one attached hydrogen (secondary N) is 1. The van der Waals surface area contributed by atoms with Crippen molar-refractivity contribution in [1.29, 1.82) is 0 Å². The lowest BCUT2D eigenvalue weighted by atomic mass is 10.3. The van der Waals surface area contributed by atoms with Gasteiger partial charge in [-0.2, -0.15) is 4.99 Å². The quantitative estimate of drug-likeness (QED) is 0.637. The lowest BCUT2D eigenvalue weighted by molar-refractivity contribution is 0.0997. The molecule has 1 heterocycles. The number of rotatable bonds is 5. The maximum absolute atomic E-state index is 11.9. The molecule has 124 valence electrons. The first-order chi connectivity index (χ1) is 11.4. The van der Waals surface area contributed by atoms with E-state index in [9.17, 15) is 9.59 Å². The van der Waals surface area contributed by atoms with Gasteiger partial charge in [0.15, 0.2) is 0 Å². The third-order valence-electron chi connectivity index (χ3n) is 2.57. The van der Waals surface area contributed by atoms with Crippen LogP contribution in [0.15, 0.2) is 41.7 Å². The van der Waals surface area contributed by atoms with Crippen LogP contribution in [0.4, 0.5) is 10.5 Å². The van der Waals surface area contributed by atoms with Gasteiger partial charge >= 0.3 is 6.09 Å². The molecule has 2 rings (SSSR count). The zero-order valence-electron chi connectivity index (χ0n) is 13.0. The SMILES string of the molecule is CN(C)/C=N/C(=O)c1cc(Oc2cccc(NC(=O)O)c2)ncn1. The van der Waals surface area contributed by atoms with E-state index >= 15 is 0 Å². The van der Waals surface area contributed by atoms with Crippen molar-refractivity contribution in [3.8, 4) is 11.6 Å². The molecule has 1 aromatic carbocycles. The smallest absolute Gasteiger partial charge is 0.409 e. The minimum Gasteiger partial charge on any atom is -0.465 e. The van der Waals surface area contributed by atoms with Crippen LogP contribution in [0.5, 0.6) is 11.6 Å². The second kappa shape index (κ2) is 7.68. The lowest BCUT2D eigenvalue weighted by Gasteiger charge is -2.07. The molecule has 0 bridgehead atoms. The van der Waals surface area contributed by atoms with Gasteiger partial charge in [-0.05, 0) is 12.1 Å². The van der Waals surface area contributed by atoms with E-state index in [1.807, 2.05) is 0 Å². The minimum atomic E-state index is -1.18. The average molecular weight is 329 g/mol. The molecule has 0 radical (unpaired) electrons. The number of benzene rings is 1. The number of hydrogen-bond acceptors (Lipinski definition) is 5. The van der Waals surface area contributed by atoms with Crippen LogP contribution in [0.25, 0.3) is 0 Å². The summed E-state index contributed by atoms with van der Waals surface area (Å²) in [7, 11) is 3.48. The van der Waals surface area contributed by atoms with E-state index in [-0.39, 0.29) is 11.6 Å². The van der Waals surface area contributed by atoms with Gasteiger partial charge in [0.25, 0.3) is 5.91 Å². The Hall–Kier alpha value is -3.49. The van der Waals surface area contributed by atoms with Crippen molar-refractivity contribution in [3.63, 3.8) is 0 Å². The van der Waals surface area contributed by atoms with Crippen molar-refractivity contribution < 1.29 is 19.4 Å². The van der Waals surface area contributed by atoms with E-state index in [1.165, 1.54) is 24.8 Å². The highest BCUT2D eigenvalue weighted by atomic mass is 16.5. The van der Waals surface area contributed by atoms with Crippen molar-refractivity contribution in [2.45, 2.75) is 0 Å². The van der Waals surface area contributed by atoms with Gasteiger partial charge in [0.2, 0.25) is 5.88 Å². The summed E-state index contributed by atoms with van der Waals surface area (Å²) in [5.74, 6) is -0.0340. The third-order valence-corrected chi connectivity index (χ3v) is 2.57. The van der Waals surface area contributed by atoms with E-state index < -0.39 is 12.0 Å². The molecule has 0 unspecified atom stereocenters. The number of ether oxygens (including phenoxy) is 1. The highest BCUT2D eigenvalue weighted by Crippen LogP contribution is 2.23. The molecule has 2 N–H and O–H groups in total. The van der Waals surface area contributed by atoms with Gasteiger partial charge in [-0.1, -0.05) is 6.07 Å². The van der Waals surface area contributed by atoms with E-state index in [1.54, 1.807) is 37.2 Å². The number of aromatic nitrogens is 2. The molecule has 0 atom stereocenters. The van der Waals surface area contributed by atoms with Crippen LogP contribution >= 0.6 is 0 Å². The highest BCUT2D eigenvalue weighted by molar-refractivity contribution is 5.97. The second-order valence-electron chi connectivity index (χ2n) is 4.81. The van der Waals surface area contributed by atoms with Gasteiger partial charge in [0.1, 0.15) is 17.8 Å². The van der Waals surface area contributed by atoms with Crippen molar-refractivity contribution in [2.24, 2.45) is 4.99 Å². The fourth-order valence-corrected chi connectivity index (χ4v) is 1.63. The minimum absolute atomic E-state index is 0.0814. The van der Waals surface area contributed by atoms with E-state index in [0.29, 0.717) is 11.4 Å². The number of amides is 2. The molecule has 0 fully saturated rings. The molecule has 0 spiro atoms. The van der Waals surface area contributed by atoms with Crippen LogP contribution in [0.3, 0.4) is 0 Å². The Balaban J connectivity index is 2.15. The van der Waals surface area contributed by atoms with Crippen LogP contribution in [-0.4, -0.2) is 52.4 Å².